The lowest BCUT2D eigenvalue weighted by molar-refractivity contribution is -0.118. The van der Waals surface area contributed by atoms with Crippen LogP contribution in [0, 0.1) is 0 Å². The fourth-order valence-corrected chi connectivity index (χ4v) is 3.58. The summed E-state index contributed by atoms with van der Waals surface area (Å²) in [4.78, 5) is 26.2. The average molecular weight is 411 g/mol. The number of nitrogens with zero attached hydrogens (tertiary/aromatic N) is 1. The van der Waals surface area contributed by atoms with E-state index in [1.54, 1.807) is 25.3 Å². The average Bonchev–Trinajstić information content (AvgIpc) is 2.76. The molecule has 0 aromatic heterocycles. The number of fused-ring (bicyclic) bond motifs is 1. The van der Waals surface area contributed by atoms with E-state index in [-0.39, 0.29) is 18.3 Å². The Bertz CT molecular complexity index is 881. The van der Waals surface area contributed by atoms with Crippen LogP contribution >= 0.6 is 0 Å². The monoisotopic (exact) mass is 410 g/mol. The Labute approximate surface area is 178 Å². The van der Waals surface area contributed by atoms with Crippen LogP contribution in [-0.2, 0) is 11.2 Å². The van der Waals surface area contributed by atoms with E-state index >= 15 is 0 Å². The number of likely N-dealkylation sites (N-methyl/N-ethyl adjacent to an activating group) is 1. The molecule has 30 heavy (non-hydrogen) atoms. The van der Waals surface area contributed by atoms with Crippen molar-refractivity contribution in [2.45, 2.75) is 32.1 Å². The largest absolute Gasteiger partial charge is 0.496 e. The Morgan fingerprint density at radius 2 is 1.97 bits per heavy atom. The second-order valence-electron chi connectivity index (χ2n) is 7.65. The van der Waals surface area contributed by atoms with Gasteiger partial charge in [0.25, 0.3) is 5.91 Å². The number of nitrogens with one attached hydrogen (secondary N) is 1. The Morgan fingerprint density at radius 3 is 2.80 bits per heavy atom. The summed E-state index contributed by atoms with van der Waals surface area (Å²) in [7, 11) is 3.84. The summed E-state index contributed by atoms with van der Waals surface area (Å²) in [6.07, 6.45) is 4.40. The topological polar surface area (TPSA) is 67.9 Å². The lowest BCUT2D eigenvalue weighted by Gasteiger charge is -2.18. The second-order valence-corrected chi connectivity index (χ2v) is 7.65. The fourth-order valence-electron chi connectivity index (χ4n) is 3.58. The first-order valence-corrected chi connectivity index (χ1v) is 10.5. The number of anilines is 1. The third kappa shape index (κ3) is 6.07. The zero-order valence-electron chi connectivity index (χ0n) is 17.8. The zero-order valence-corrected chi connectivity index (χ0v) is 17.8. The molecular weight excluding hydrogens is 380 g/mol. The van der Waals surface area contributed by atoms with Crippen LogP contribution < -0.4 is 14.8 Å². The SMILES string of the molecule is COc1ccccc1CCN(C)CCCCCC(=O)c1ccc2c(c1)NC(=O)CO2. The normalized spacial score (nSPS) is 12.8. The van der Waals surface area contributed by atoms with Gasteiger partial charge in [-0.2, -0.15) is 0 Å². The van der Waals surface area contributed by atoms with Crippen molar-refractivity contribution < 1.29 is 19.1 Å². The van der Waals surface area contributed by atoms with Crippen molar-refractivity contribution in [3.8, 4) is 11.5 Å². The lowest BCUT2D eigenvalue weighted by Crippen LogP contribution is -2.25. The highest BCUT2D eigenvalue weighted by Gasteiger charge is 2.17. The van der Waals surface area contributed by atoms with Gasteiger partial charge in [0, 0.05) is 18.5 Å². The number of methoxy groups -OCH3 is 1. The number of hydrogen-bond donors (Lipinski definition) is 1. The molecule has 6 heteroatoms. The van der Waals surface area contributed by atoms with E-state index in [1.807, 2.05) is 18.2 Å². The summed E-state index contributed by atoms with van der Waals surface area (Å²) in [5.74, 6) is 1.46. The third-order valence-corrected chi connectivity index (χ3v) is 5.33. The van der Waals surface area contributed by atoms with Crippen molar-refractivity contribution in [1.82, 2.24) is 4.90 Å². The predicted octanol–water partition coefficient (Wildman–Crippen LogP) is 3.94. The molecule has 2 aromatic rings. The molecule has 1 heterocycles. The minimum Gasteiger partial charge on any atom is -0.496 e. The molecule has 0 saturated carbocycles. The van der Waals surface area contributed by atoms with Crippen LogP contribution in [0.5, 0.6) is 11.5 Å². The highest BCUT2D eigenvalue weighted by molar-refractivity contribution is 6.00. The molecule has 0 bridgehead atoms. The molecule has 1 N–H and O–H groups in total. The van der Waals surface area contributed by atoms with E-state index in [0.29, 0.717) is 23.4 Å². The van der Waals surface area contributed by atoms with E-state index in [4.69, 9.17) is 9.47 Å². The summed E-state index contributed by atoms with van der Waals surface area (Å²) in [5, 5.41) is 2.75. The molecule has 1 aliphatic rings. The molecule has 6 nitrogen and oxygen atoms in total. The van der Waals surface area contributed by atoms with Crippen LogP contribution in [0.2, 0.25) is 0 Å². The minimum atomic E-state index is -0.193. The summed E-state index contributed by atoms with van der Waals surface area (Å²) < 4.78 is 10.7. The number of carbonyl (C=O) groups excluding carboxylic acids is 2. The molecule has 0 aliphatic carbocycles. The van der Waals surface area contributed by atoms with Crippen LogP contribution in [-0.4, -0.2) is 50.4 Å². The number of hydrogen-bond acceptors (Lipinski definition) is 5. The van der Waals surface area contributed by atoms with Crippen LogP contribution in [0.15, 0.2) is 42.5 Å². The molecule has 1 aliphatic heterocycles. The summed E-state index contributed by atoms with van der Waals surface area (Å²) in [6, 6.07) is 13.4. The molecule has 0 saturated heterocycles. The van der Waals surface area contributed by atoms with Gasteiger partial charge in [0.2, 0.25) is 0 Å². The quantitative estimate of drug-likeness (QED) is 0.449. The molecule has 0 spiro atoms. The van der Waals surface area contributed by atoms with Crippen molar-refractivity contribution in [2.24, 2.45) is 0 Å². The van der Waals surface area contributed by atoms with Gasteiger partial charge in [-0.3, -0.25) is 9.59 Å². The van der Waals surface area contributed by atoms with E-state index in [1.165, 1.54) is 5.56 Å². The summed E-state index contributed by atoms with van der Waals surface area (Å²) in [5.41, 5.74) is 2.42. The molecule has 1 amide bonds. The molecule has 160 valence electrons. The molecule has 0 unspecified atom stereocenters. The summed E-state index contributed by atoms with van der Waals surface area (Å²) in [6.45, 7) is 2.00. The van der Waals surface area contributed by atoms with Gasteiger partial charge in [-0.05, 0) is 62.7 Å². The van der Waals surface area contributed by atoms with Crippen molar-refractivity contribution in [3.05, 3.63) is 53.6 Å². The van der Waals surface area contributed by atoms with Gasteiger partial charge in [0.15, 0.2) is 12.4 Å². The number of para-hydroxylation sites is 1. The predicted molar refractivity (Wildman–Crippen MR) is 118 cm³/mol. The van der Waals surface area contributed by atoms with Crippen molar-refractivity contribution in [3.63, 3.8) is 0 Å². The maximum absolute atomic E-state index is 12.5. The van der Waals surface area contributed by atoms with Gasteiger partial charge in [0.1, 0.15) is 11.5 Å². The first-order chi connectivity index (χ1) is 14.6. The van der Waals surface area contributed by atoms with E-state index in [9.17, 15) is 9.59 Å². The van der Waals surface area contributed by atoms with Crippen molar-refractivity contribution >= 4 is 17.4 Å². The van der Waals surface area contributed by atoms with Gasteiger partial charge in [0.05, 0.1) is 12.8 Å². The Hall–Kier alpha value is -2.86. The van der Waals surface area contributed by atoms with Crippen LogP contribution in [0.1, 0.15) is 41.6 Å². The molecule has 0 atom stereocenters. The molecule has 2 aromatic carbocycles. The Kier molecular flexibility index (Phi) is 7.85. The number of benzene rings is 2. The van der Waals surface area contributed by atoms with Gasteiger partial charge in [-0.15, -0.1) is 0 Å². The third-order valence-electron chi connectivity index (χ3n) is 5.33. The first kappa shape index (κ1) is 21.8. The van der Waals surface area contributed by atoms with Crippen molar-refractivity contribution in [2.75, 3.05) is 39.2 Å². The van der Waals surface area contributed by atoms with Crippen LogP contribution in [0.3, 0.4) is 0 Å². The number of rotatable bonds is 11. The molecule has 0 radical (unpaired) electrons. The number of Topliss-reactive ketones (excluding diaryl/α,β-unsaturated/α-hetero) is 1. The number of amides is 1. The van der Waals surface area contributed by atoms with Gasteiger partial charge in [-0.1, -0.05) is 24.6 Å². The fraction of sp³-hybridized carbons (Fsp3) is 0.417. The van der Waals surface area contributed by atoms with E-state index < -0.39 is 0 Å². The highest BCUT2D eigenvalue weighted by atomic mass is 16.5. The molecule has 3 rings (SSSR count). The minimum absolute atomic E-state index is 0.0215. The van der Waals surface area contributed by atoms with Crippen LogP contribution in [0.4, 0.5) is 5.69 Å². The standard InChI is InChI=1S/C24H30N2O4/c1-26(15-13-18-8-5-6-10-22(18)29-2)14-7-3-4-9-21(27)19-11-12-23-20(16-19)25-24(28)17-30-23/h5-6,8,10-12,16H,3-4,7,9,13-15,17H2,1-2H3,(H,25,28). The number of carbonyl (C=O) groups is 2. The Balaban J connectivity index is 1.34. The van der Waals surface area contributed by atoms with Gasteiger partial charge >= 0.3 is 0 Å². The zero-order chi connectivity index (χ0) is 21.3. The summed E-state index contributed by atoms with van der Waals surface area (Å²) >= 11 is 0. The number of ether oxygens (including phenoxy) is 2. The molecule has 0 fully saturated rings. The van der Waals surface area contributed by atoms with E-state index in [2.05, 4.69) is 23.3 Å². The number of unbranched alkanes of at least 4 members (excludes halogenated alkanes) is 2. The molecular formula is C24H30N2O4. The van der Waals surface area contributed by atoms with E-state index in [0.717, 1.165) is 44.5 Å². The Morgan fingerprint density at radius 1 is 1.13 bits per heavy atom. The first-order valence-electron chi connectivity index (χ1n) is 10.5. The highest BCUT2D eigenvalue weighted by Crippen LogP contribution is 2.29. The van der Waals surface area contributed by atoms with Crippen LogP contribution in [0.25, 0.3) is 0 Å². The maximum atomic E-state index is 12.5. The van der Waals surface area contributed by atoms with Gasteiger partial charge < -0.3 is 19.7 Å². The maximum Gasteiger partial charge on any atom is 0.262 e. The second kappa shape index (κ2) is 10.8. The smallest absolute Gasteiger partial charge is 0.262 e. The van der Waals surface area contributed by atoms with Gasteiger partial charge in [-0.25, -0.2) is 0 Å². The van der Waals surface area contributed by atoms with Crippen molar-refractivity contribution in [1.29, 1.82) is 0 Å². The number of ketones is 1. The lowest BCUT2D eigenvalue weighted by atomic mass is 10.0.